The molecule has 0 aromatic heterocycles. The third-order valence-corrected chi connectivity index (χ3v) is 4.16. The molecule has 1 N–H and O–H groups in total. The van der Waals surface area contributed by atoms with Crippen molar-refractivity contribution < 1.29 is 19.1 Å². The van der Waals surface area contributed by atoms with E-state index >= 15 is 0 Å². The van der Waals surface area contributed by atoms with Crippen molar-refractivity contribution in [2.45, 2.75) is 19.4 Å². The molecule has 0 aliphatic rings. The van der Waals surface area contributed by atoms with Gasteiger partial charge >= 0.3 is 5.97 Å². The van der Waals surface area contributed by atoms with E-state index in [1.807, 2.05) is 6.07 Å². The summed E-state index contributed by atoms with van der Waals surface area (Å²) in [7, 11) is 1.48. The Morgan fingerprint density at radius 3 is 2.59 bits per heavy atom. The first kappa shape index (κ1) is 20.6. The van der Waals surface area contributed by atoms with Gasteiger partial charge in [-0.25, -0.2) is 0 Å². The number of carbonyl (C=O) groups excluding carboxylic acids is 2. The Labute approximate surface area is 166 Å². The number of methoxy groups -OCH3 is 1. The van der Waals surface area contributed by atoms with Crippen LogP contribution in [0, 0.1) is 11.3 Å². The van der Waals surface area contributed by atoms with Gasteiger partial charge < -0.3 is 14.8 Å². The number of ether oxygens (including phenoxy) is 2. The SMILES string of the molecule is COc1ccc(Cl)cc1CC(=O)O[C@H](C)C(=O)Nc1ccc(C#N)c(Cl)c1. The Bertz CT molecular complexity index is 909. The predicted octanol–water partition coefficient (Wildman–Crippen LogP) is 3.99. The summed E-state index contributed by atoms with van der Waals surface area (Å²) in [6.07, 6.45) is -1.12. The Kier molecular flexibility index (Phi) is 7.05. The summed E-state index contributed by atoms with van der Waals surface area (Å²) >= 11 is 11.9. The molecule has 1 atom stereocenters. The van der Waals surface area contributed by atoms with Crippen molar-refractivity contribution in [2.24, 2.45) is 0 Å². The van der Waals surface area contributed by atoms with Gasteiger partial charge in [-0.2, -0.15) is 5.26 Å². The second-order valence-corrected chi connectivity index (χ2v) is 6.40. The first-order valence-corrected chi connectivity index (χ1v) is 8.62. The zero-order chi connectivity index (χ0) is 20.0. The van der Waals surface area contributed by atoms with Crippen molar-refractivity contribution in [3.63, 3.8) is 0 Å². The zero-order valence-electron chi connectivity index (χ0n) is 14.6. The Balaban J connectivity index is 1.98. The van der Waals surface area contributed by atoms with Crippen molar-refractivity contribution in [3.05, 3.63) is 57.6 Å². The summed E-state index contributed by atoms with van der Waals surface area (Å²) in [5.41, 5.74) is 1.24. The highest BCUT2D eigenvalue weighted by atomic mass is 35.5. The standard InChI is InChI=1S/C19H16Cl2N2O4/c1-11(19(25)23-15-5-3-12(10-22)16(21)9-15)27-18(24)8-13-7-14(20)4-6-17(13)26-2/h3-7,9,11H,8H2,1-2H3,(H,23,25)/t11-/m1/s1. The van der Waals surface area contributed by atoms with E-state index in [4.69, 9.17) is 37.9 Å². The number of benzene rings is 2. The average Bonchev–Trinajstić information content (AvgIpc) is 2.62. The van der Waals surface area contributed by atoms with Crippen molar-refractivity contribution >= 4 is 40.8 Å². The topological polar surface area (TPSA) is 88.4 Å². The lowest BCUT2D eigenvalue weighted by molar-refractivity contribution is -0.152. The number of anilines is 1. The summed E-state index contributed by atoms with van der Waals surface area (Å²) in [6, 6.07) is 11.3. The van der Waals surface area contributed by atoms with Crippen molar-refractivity contribution in [2.75, 3.05) is 12.4 Å². The van der Waals surface area contributed by atoms with Gasteiger partial charge in [0.25, 0.3) is 5.91 Å². The van der Waals surface area contributed by atoms with Crippen LogP contribution in [0.3, 0.4) is 0 Å². The Morgan fingerprint density at radius 1 is 1.22 bits per heavy atom. The molecule has 2 aromatic rings. The highest BCUT2D eigenvalue weighted by Crippen LogP contribution is 2.24. The lowest BCUT2D eigenvalue weighted by Crippen LogP contribution is -2.30. The average molecular weight is 407 g/mol. The van der Waals surface area contributed by atoms with Gasteiger partial charge in [-0.05, 0) is 43.3 Å². The van der Waals surface area contributed by atoms with Gasteiger partial charge in [0.1, 0.15) is 11.8 Å². The third-order valence-electron chi connectivity index (χ3n) is 3.61. The van der Waals surface area contributed by atoms with E-state index in [9.17, 15) is 9.59 Å². The molecule has 0 radical (unpaired) electrons. The molecule has 0 saturated heterocycles. The monoisotopic (exact) mass is 406 g/mol. The van der Waals surface area contributed by atoms with E-state index in [1.54, 1.807) is 18.2 Å². The van der Waals surface area contributed by atoms with Gasteiger partial charge in [0, 0.05) is 16.3 Å². The minimum Gasteiger partial charge on any atom is -0.496 e. The van der Waals surface area contributed by atoms with Crippen LogP contribution in [0.2, 0.25) is 10.0 Å². The minimum absolute atomic E-state index is 0.0932. The number of esters is 1. The summed E-state index contributed by atoms with van der Waals surface area (Å²) in [5.74, 6) is -0.626. The Morgan fingerprint density at radius 2 is 1.96 bits per heavy atom. The molecule has 0 saturated carbocycles. The normalized spacial score (nSPS) is 11.2. The van der Waals surface area contributed by atoms with Gasteiger partial charge in [-0.1, -0.05) is 23.2 Å². The van der Waals surface area contributed by atoms with Crippen LogP contribution in [-0.4, -0.2) is 25.1 Å². The van der Waals surface area contributed by atoms with Crippen LogP contribution in [0.4, 0.5) is 5.69 Å². The predicted molar refractivity (Wildman–Crippen MR) is 102 cm³/mol. The number of carbonyl (C=O) groups is 2. The number of nitrogens with zero attached hydrogens (tertiary/aromatic N) is 1. The number of halogens is 2. The van der Waals surface area contributed by atoms with Crippen LogP contribution < -0.4 is 10.1 Å². The number of hydrogen-bond acceptors (Lipinski definition) is 5. The molecule has 0 bridgehead atoms. The van der Waals surface area contributed by atoms with Crippen LogP contribution >= 0.6 is 23.2 Å². The quantitative estimate of drug-likeness (QED) is 0.732. The molecule has 140 valence electrons. The summed E-state index contributed by atoms with van der Waals surface area (Å²) in [4.78, 5) is 24.3. The van der Waals surface area contributed by atoms with Crippen LogP contribution in [-0.2, 0) is 20.7 Å². The smallest absolute Gasteiger partial charge is 0.311 e. The van der Waals surface area contributed by atoms with E-state index in [-0.39, 0.29) is 11.4 Å². The molecular weight excluding hydrogens is 391 g/mol. The number of rotatable bonds is 6. The van der Waals surface area contributed by atoms with Crippen molar-refractivity contribution in [1.29, 1.82) is 5.26 Å². The highest BCUT2D eigenvalue weighted by molar-refractivity contribution is 6.32. The molecule has 2 aromatic carbocycles. The Hall–Kier alpha value is -2.75. The molecule has 0 spiro atoms. The van der Waals surface area contributed by atoms with Crippen LogP contribution in [0.15, 0.2) is 36.4 Å². The lowest BCUT2D eigenvalue weighted by Gasteiger charge is -2.15. The van der Waals surface area contributed by atoms with E-state index < -0.39 is 18.0 Å². The van der Waals surface area contributed by atoms with Gasteiger partial charge in [-0.3, -0.25) is 9.59 Å². The van der Waals surface area contributed by atoms with Crippen molar-refractivity contribution in [3.8, 4) is 11.8 Å². The van der Waals surface area contributed by atoms with Gasteiger partial charge in [0.2, 0.25) is 0 Å². The maximum atomic E-state index is 12.2. The highest BCUT2D eigenvalue weighted by Gasteiger charge is 2.19. The number of amides is 1. The molecular formula is C19H16Cl2N2O4. The maximum absolute atomic E-state index is 12.2. The molecule has 0 aliphatic heterocycles. The second kappa shape index (κ2) is 9.26. The zero-order valence-corrected chi connectivity index (χ0v) is 16.1. The van der Waals surface area contributed by atoms with Crippen molar-refractivity contribution in [1.82, 2.24) is 0 Å². The fraction of sp³-hybridized carbons (Fsp3) is 0.211. The van der Waals surface area contributed by atoms with E-state index in [1.165, 1.54) is 32.2 Å². The first-order valence-electron chi connectivity index (χ1n) is 7.86. The second-order valence-electron chi connectivity index (χ2n) is 5.56. The van der Waals surface area contributed by atoms with Crippen LogP contribution in [0.5, 0.6) is 5.75 Å². The number of nitrogens with one attached hydrogen (secondary N) is 1. The van der Waals surface area contributed by atoms with Gasteiger partial charge in [0.15, 0.2) is 6.10 Å². The fourth-order valence-corrected chi connectivity index (χ4v) is 2.68. The molecule has 0 aliphatic carbocycles. The number of nitriles is 1. The molecule has 8 heteroatoms. The van der Waals surface area contributed by atoms with E-state index in [0.29, 0.717) is 27.6 Å². The third kappa shape index (κ3) is 5.61. The molecule has 1 amide bonds. The first-order chi connectivity index (χ1) is 12.8. The summed E-state index contributed by atoms with van der Waals surface area (Å²) < 4.78 is 10.3. The van der Waals surface area contributed by atoms with E-state index in [2.05, 4.69) is 5.32 Å². The maximum Gasteiger partial charge on any atom is 0.311 e. The molecule has 2 rings (SSSR count). The molecule has 0 unspecified atom stereocenters. The number of hydrogen-bond donors (Lipinski definition) is 1. The summed E-state index contributed by atoms with van der Waals surface area (Å²) in [6.45, 7) is 1.45. The van der Waals surface area contributed by atoms with E-state index in [0.717, 1.165) is 0 Å². The lowest BCUT2D eigenvalue weighted by atomic mass is 10.1. The fourth-order valence-electron chi connectivity index (χ4n) is 2.26. The molecule has 0 fully saturated rings. The molecule has 6 nitrogen and oxygen atoms in total. The van der Waals surface area contributed by atoms with Crippen LogP contribution in [0.25, 0.3) is 0 Å². The molecule has 27 heavy (non-hydrogen) atoms. The van der Waals surface area contributed by atoms with Crippen LogP contribution in [0.1, 0.15) is 18.1 Å². The van der Waals surface area contributed by atoms with Gasteiger partial charge in [0.05, 0.1) is 24.1 Å². The van der Waals surface area contributed by atoms with Gasteiger partial charge in [-0.15, -0.1) is 0 Å². The summed E-state index contributed by atoms with van der Waals surface area (Å²) in [5, 5.41) is 12.1. The molecule has 0 heterocycles. The minimum atomic E-state index is -1.03. The largest absolute Gasteiger partial charge is 0.496 e.